The van der Waals surface area contributed by atoms with E-state index >= 15 is 0 Å². The zero-order valence-electron chi connectivity index (χ0n) is 18.0. The highest BCUT2D eigenvalue weighted by Gasteiger charge is 2.57. The van der Waals surface area contributed by atoms with E-state index in [9.17, 15) is 0 Å². The molecule has 1 heterocycles. The number of pyridine rings is 1. The van der Waals surface area contributed by atoms with Crippen LogP contribution >= 0.6 is 0 Å². The quantitative estimate of drug-likeness (QED) is 0.532. The molecule has 0 unspecified atom stereocenters. The van der Waals surface area contributed by atoms with Gasteiger partial charge in [-0.25, -0.2) is 0 Å². The van der Waals surface area contributed by atoms with Crippen molar-refractivity contribution in [3.8, 4) is 0 Å². The highest BCUT2D eigenvalue weighted by Crippen LogP contribution is 2.64. The Morgan fingerprint density at radius 3 is 2.71 bits per heavy atom. The second kappa shape index (κ2) is 6.82. The molecule has 1 aromatic heterocycles. The molecule has 0 N–H and O–H groups in total. The summed E-state index contributed by atoms with van der Waals surface area (Å²) in [5.74, 6) is 3.51. The van der Waals surface area contributed by atoms with Crippen LogP contribution in [0.1, 0.15) is 77.8 Å². The average molecular weight is 377 g/mol. The maximum Gasteiger partial charge on any atom is 0.0811 e. The smallest absolute Gasteiger partial charge is 0.0811 e. The summed E-state index contributed by atoms with van der Waals surface area (Å²) in [4.78, 5) is 9.61. The molecule has 0 spiro atoms. The van der Waals surface area contributed by atoms with Crippen LogP contribution in [0.3, 0.4) is 0 Å². The third-order valence-electron chi connectivity index (χ3n) is 9.25. The molecule has 0 saturated heterocycles. The maximum atomic E-state index is 5.13. The van der Waals surface area contributed by atoms with Gasteiger partial charge in [0, 0.05) is 17.3 Å². The zero-order valence-corrected chi connectivity index (χ0v) is 18.0. The van der Waals surface area contributed by atoms with E-state index in [0.717, 1.165) is 35.9 Å². The van der Waals surface area contributed by atoms with E-state index in [1.165, 1.54) is 57.1 Å². The van der Waals surface area contributed by atoms with Crippen molar-refractivity contribution in [3.05, 3.63) is 41.7 Å². The van der Waals surface area contributed by atoms with Gasteiger partial charge in [0.05, 0.1) is 12.2 Å². The molecule has 4 aliphatic carbocycles. The van der Waals surface area contributed by atoms with Crippen LogP contribution in [-0.2, 0) is 6.54 Å². The Kier molecular flexibility index (Phi) is 4.52. The number of aliphatic imine (C=N–C) groups is 1. The molecule has 28 heavy (non-hydrogen) atoms. The van der Waals surface area contributed by atoms with Crippen LogP contribution < -0.4 is 0 Å². The largest absolute Gasteiger partial charge is 0.287 e. The monoisotopic (exact) mass is 376 g/mol. The number of nitrogens with zero attached hydrogens (tertiary/aromatic N) is 2. The summed E-state index contributed by atoms with van der Waals surface area (Å²) in [6, 6.07) is 6.17. The molecule has 2 nitrogen and oxygen atoms in total. The zero-order chi connectivity index (χ0) is 19.4. The number of fused-ring (bicyclic) bond motifs is 5. The van der Waals surface area contributed by atoms with E-state index in [1.807, 2.05) is 17.8 Å². The summed E-state index contributed by atoms with van der Waals surface area (Å²) >= 11 is 0. The Hall–Kier alpha value is -1.44. The lowest BCUT2D eigenvalue weighted by atomic mass is 9.47. The normalized spacial score (nSPS) is 43.8. The minimum atomic E-state index is 0.333. The summed E-state index contributed by atoms with van der Waals surface area (Å²) in [7, 11) is 0. The first kappa shape index (κ1) is 18.6. The van der Waals surface area contributed by atoms with Gasteiger partial charge in [0.1, 0.15) is 0 Å². The van der Waals surface area contributed by atoms with E-state index in [2.05, 4.69) is 44.0 Å². The summed E-state index contributed by atoms with van der Waals surface area (Å²) in [6.45, 7) is 8.37. The highest BCUT2D eigenvalue weighted by molar-refractivity contribution is 5.92. The molecule has 0 aliphatic heterocycles. The van der Waals surface area contributed by atoms with Crippen molar-refractivity contribution in [2.45, 2.75) is 78.7 Å². The predicted octanol–water partition coefficient (Wildman–Crippen LogP) is 6.62. The second-order valence-electron chi connectivity index (χ2n) is 10.7. The summed E-state index contributed by atoms with van der Waals surface area (Å²) in [6.07, 6.45) is 15.4. The molecular weight excluding hydrogens is 340 g/mol. The molecule has 5 rings (SSSR count). The Labute approximate surface area is 170 Å². The number of hydrogen-bond acceptors (Lipinski definition) is 2. The molecule has 0 radical (unpaired) electrons. The number of hydrogen-bond donors (Lipinski definition) is 0. The first-order valence-corrected chi connectivity index (χ1v) is 11.6. The highest BCUT2D eigenvalue weighted by atomic mass is 14.8. The van der Waals surface area contributed by atoms with Gasteiger partial charge in [-0.3, -0.25) is 9.98 Å². The lowest BCUT2D eigenvalue weighted by Gasteiger charge is -2.57. The third-order valence-corrected chi connectivity index (χ3v) is 9.25. The maximum absolute atomic E-state index is 5.13. The SMILES string of the molecule is C[C@H]1CC[C@@]2(C)C(=CC[C@@H]3[C@@H]2CC[C@]2(C)C(=NCc4ccccn4)CC[C@@H]32)C1. The molecule has 1 aromatic rings. The van der Waals surface area contributed by atoms with Crippen molar-refractivity contribution >= 4 is 5.71 Å². The van der Waals surface area contributed by atoms with Crippen LogP contribution in [-0.4, -0.2) is 10.7 Å². The molecule has 0 bridgehead atoms. The lowest BCUT2D eigenvalue weighted by Crippen LogP contribution is -2.50. The van der Waals surface area contributed by atoms with Gasteiger partial charge in [-0.2, -0.15) is 0 Å². The van der Waals surface area contributed by atoms with E-state index in [4.69, 9.17) is 4.99 Å². The Morgan fingerprint density at radius 1 is 1.07 bits per heavy atom. The van der Waals surface area contributed by atoms with Gasteiger partial charge in [0.15, 0.2) is 0 Å². The molecule has 150 valence electrons. The van der Waals surface area contributed by atoms with Crippen molar-refractivity contribution in [1.29, 1.82) is 0 Å². The molecule has 6 atom stereocenters. The second-order valence-corrected chi connectivity index (χ2v) is 10.7. The van der Waals surface area contributed by atoms with Crippen LogP contribution in [0.5, 0.6) is 0 Å². The first-order valence-electron chi connectivity index (χ1n) is 11.6. The number of aromatic nitrogens is 1. The van der Waals surface area contributed by atoms with Crippen LogP contribution in [0.15, 0.2) is 41.0 Å². The van der Waals surface area contributed by atoms with Crippen molar-refractivity contribution < 1.29 is 0 Å². The van der Waals surface area contributed by atoms with Gasteiger partial charge in [0.2, 0.25) is 0 Å². The Bertz CT molecular complexity index is 794. The fourth-order valence-corrected chi connectivity index (χ4v) is 7.56. The third kappa shape index (κ3) is 2.82. The van der Waals surface area contributed by atoms with Crippen LogP contribution in [0.25, 0.3) is 0 Å². The molecule has 4 aliphatic rings. The molecular formula is C26H36N2. The Morgan fingerprint density at radius 2 is 1.89 bits per heavy atom. The molecule has 0 aromatic carbocycles. The van der Waals surface area contributed by atoms with Gasteiger partial charge < -0.3 is 0 Å². The van der Waals surface area contributed by atoms with Crippen LogP contribution in [0.4, 0.5) is 0 Å². The summed E-state index contributed by atoms with van der Waals surface area (Å²) < 4.78 is 0. The number of allylic oxidation sites excluding steroid dienone is 2. The fourth-order valence-electron chi connectivity index (χ4n) is 7.56. The van der Waals surface area contributed by atoms with Gasteiger partial charge >= 0.3 is 0 Å². The standard InChI is InChI=1S/C26H36N2/c1-18-11-13-25(2)19(16-18)7-8-21-22-9-10-24(26(22,3)14-12-23(21)25)28-17-20-6-4-5-15-27-20/h4-7,15,18,21-23H,8-14,16-17H2,1-3H3/t18-,21-,22-,23-,25-,26-/m0/s1. The number of rotatable bonds is 2. The molecule has 2 heteroatoms. The average Bonchev–Trinajstić information content (AvgIpc) is 3.04. The minimum Gasteiger partial charge on any atom is -0.287 e. The summed E-state index contributed by atoms with van der Waals surface area (Å²) in [5.41, 5.74) is 5.24. The first-order chi connectivity index (χ1) is 13.5. The fraction of sp³-hybridized carbons (Fsp3) is 0.692. The Balaban J connectivity index is 1.39. The van der Waals surface area contributed by atoms with Gasteiger partial charge in [-0.15, -0.1) is 0 Å². The van der Waals surface area contributed by atoms with Gasteiger partial charge in [-0.05, 0) is 92.6 Å². The van der Waals surface area contributed by atoms with Crippen molar-refractivity contribution in [3.63, 3.8) is 0 Å². The van der Waals surface area contributed by atoms with Crippen molar-refractivity contribution in [2.24, 2.45) is 39.5 Å². The van der Waals surface area contributed by atoms with E-state index in [-0.39, 0.29) is 0 Å². The van der Waals surface area contributed by atoms with Gasteiger partial charge in [-0.1, -0.05) is 38.5 Å². The molecule has 3 fully saturated rings. The lowest BCUT2D eigenvalue weighted by molar-refractivity contribution is -0.0103. The van der Waals surface area contributed by atoms with Crippen molar-refractivity contribution in [2.75, 3.05) is 0 Å². The van der Waals surface area contributed by atoms with Crippen molar-refractivity contribution in [1.82, 2.24) is 4.98 Å². The van der Waals surface area contributed by atoms with Gasteiger partial charge in [0.25, 0.3) is 0 Å². The summed E-state index contributed by atoms with van der Waals surface area (Å²) in [5, 5.41) is 0. The predicted molar refractivity (Wildman–Crippen MR) is 116 cm³/mol. The van der Waals surface area contributed by atoms with E-state index in [1.54, 1.807) is 0 Å². The molecule has 0 amide bonds. The van der Waals surface area contributed by atoms with E-state index < -0.39 is 0 Å². The van der Waals surface area contributed by atoms with E-state index in [0.29, 0.717) is 10.8 Å². The topological polar surface area (TPSA) is 25.2 Å². The van der Waals surface area contributed by atoms with Crippen LogP contribution in [0.2, 0.25) is 0 Å². The minimum absolute atomic E-state index is 0.333. The molecule has 3 saturated carbocycles. The van der Waals surface area contributed by atoms with Crippen LogP contribution in [0, 0.1) is 34.5 Å².